The number of hydrogen-bond donors (Lipinski definition) is 1. The zero-order valence-electron chi connectivity index (χ0n) is 16.8. The Bertz CT molecular complexity index is 1060. The van der Waals surface area contributed by atoms with Crippen LogP contribution < -0.4 is 14.8 Å². The van der Waals surface area contributed by atoms with Crippen molar-refractivity contribution in [2.75, 3.05) is 25.1 Å². The Morgan fingerprint density at radius 1 is 0.900 bits per heavy atom. The number of hydrogen-bond acceptors (Lipinski definition) is 4. The Labute approximate surface area is 176 Å². The molecule has 0 bridgehead atoms. The van der Waals surface area contributed by atoms with Crippen LogP contribution in [0.25, 0.3) is 0 Å². The van der Waals surface area contributed by atoms with Crippen molar-refractivity contribution in [2.24, 2.45) is 0 Å². The predicted molar refractivity (Wildman–Crippen MR) is 116 cm³/mol. The lowest BCUT2D eigenvalue weighted by Gasteiger charge is -2.28. The van der Waals surface area contributed by atoms with Crippen LogP contribution in [0.1, 0.15) is 27.0 Å². The largest absolute Gasteiger partial charge is 0.486 e. The van der Waals surface area contributed by atoms with Crippen molar-refractivity contribution in [1.82, 2.24) is 4.90 Å². The van der Waals surface area contributed by atoms with Crippen LogP contribution in [0.15, 0.2) is 66.7 Å². The third-order valence-corrected chi connectivity index (χ3v) is 5.63. The van der Waals surface area contributed by atoms with Crippen LogP contribution in [0.3, 0.4) is 0 Å². The molecule has 0 atom stereocenters. The first-order valence-electron chi connectivity index (χ1n) is 10.3. The molecular formula is C25H24N2O3. The SMILES string of the molecule is O=C(Nc1ccc2c(c1)OCCO2)c1ccc(CN2CCc3ccccc3C2)cc1. The van der Waals surface area contributed by atoms with E-state index in [1.807, 2.05) is 36.4 Å². The van der Waals surface area contributed by atoms with E-state index in [0.717, 1.165) is 26.1 Å². The summed E-state index contributed by atoms with van der Waals surface area (Å²) in [6, 6.07) is 22.0. The van der Waals surface area contributed by atoms with Gasteiger partial charge in [0, 0.05) is 37.0 Å². The smallest absolute Gasteiger partial charge is 0.255 e. The Kier molecular flexibility index (Phi) is 5.11. The fourth-order valence-corrected chi connectivity index (χ4v) is 4.03. The number of nitrogens with zero attached hydrogens (tertiary/aromatic N) is 1. The fourth-order valence-electron chi connectivity index (χ4n) is 4.03. The maximum Gasteiger partial charge on any atom is 0.255 e. The highest BCUT2D eigenvalue weighted by Gasteiger charge is 2.16. The first-order chi connectivity index (χ1) is 14.7. The van der Waals surface area contributed by atoms with E-state index in [9.17, 15) is 4.79 Å². The van der Waals surface area contributed by atoms with Crippen LogP contribution in [0.5, 0.6) is 11.5 Å². The molecule has 0 aliphatic carbocycles. The van der Waals surface area contributed by atoms with Gasteiger partial charge in [0.05, 0.1) is 0 Å². The molecule has 0 fully saturated rings. The lowest BCUT2D eigenvalue weighted by atomic mass is 9.99. The normalized spacial score (nSPS) is 15.3. The number of ether oxygens (including phenoxy) is 2. The molecule has 2 heterocycles. The second-order valence-corrected chi connectivity index (χ2v) is 7.74. The van der Waals surface area contributed by atoms with Crippen molar-refractivity contribution in [3.8, 4) is 11.5 Å². The highest BCUT2D eigenvalue weighted by atomic mass is 16.6. The second kappa shape index (κ2) is 8.20. The summed E-state index contributed by atoms with van der Waals surface area (Å²) in [6.45, 7) is 3.99. The van der Waals surface area contributed by atoms with E-state index in [4.69, 9.17) is 9.47 Å². The summed E-state index contributed by atoms with van der Waals surface area (Å²) >= 11 is 0. The first-order valence-corrected chi connectivity index (χ1v) is 10.3. The molecule has 5 heteroatoms. The topological polar surface area (TPSA) is 50.8 Å². The molecule has 1 amide bonds. The Morgan fingerprint density at radius 2 is 1.67 bits per heavy atom. The molecule has 0 saturated carbocycles. The average molecular weight is 400 g/mol. The summed E-state index contributed by atoms with van der Waals surface area (Å²) in [5.74, 6) is 1.24. The van der Waals surface area contributed by atoms with Crippen LogP contribution in [-0.2, 0) is 19.5 Å². The van der Waals surface area contributed by atoms with E-state index in [0.29, 0.717) is 36.0 Å². The van der Waals surface area contributed by atoms with Gasteiger partial charge in [0.1, 0.15) is 13.2 Å². The monoisotopic (exact) mass is 400 g/mol. The van der Waals surface area contributed by atoms with E-state index in [2.05, 4.69) is 34.5 Å². The number of carbonyl (C=O) groups is 1. The zero-order chi connectivity index (χ0) is 20.3. The summed E-state index contributed by atoms with van der Waals surface area (Å²) in [4.78, 5) is 15.1. The van der Waals surface area contributed by atoms with Gasteiger partial charge in [0.2, 0.25) is 0 Å². The minimum atomic E-state index is -0.134. The van der Waals surface area contributed by atoms with E-state index >= 15 is 0 Å². The number of anilines is 1. The molecule has 2 aliphatic heterocycles. The summed E-state index contributed by atoms with van der Waals surface area (Å²) in [7, 11) is 0. The van der Waals surface area contributed by atoms with Crippen LogP contribution in [0.4, 0.5) is 5.69 Å². The zero-order valence-corrected chi connectivity index (χ0v) is 16.8. The van der Waals surface area contributed by atoms with E-state index in [1.54, 1.807) is 6.07 Å². The quantitative estimate of drug-likeness (QED) is 0.711. The number of nitrogens with one attached hydrogen (secondary N) is 1. The summed E-state index contributed by atoms with van der Waals surface area (Å²) in [5, 5.41) is 2.94. The number of carbonyl (C=O) groups excluding carboxylic acids is 1. The van der Waals surface area contributed by atoms with Gasteiger partial charge in [-0.15, -0.1) is 0 Å². The maximum atomic E-state index is 12.6. The highest BCUT2D eigenvalue weighted by molar-refractivity contribution is 6.04. The molecule has 1 N–H and O–H groups in total. The van der Waals surface area contributed by atoms with Crippen LogP contribution in [-0.4, -0.2) is 30.6 Å². The Morgan fingerprint density at radius 3 is 2.50 bits per heavy atom. The Hall–Kier alpha value is -3.31. The molecule has 5 rings (SSSR count). The van der Waals surface area contributed by atoms with Gasteiger partial charge in [-0.1, -0.05) is 36.4 Å². The van der Waals surface area contributed by atoms with E-state index in [-0.39, 0.29) is 5.91 Å². The van der Waals surface area contributed by atoms with E-state index < -0.39 is 0 Å². The summed E-state index contributed by atoms with van der Waals surface area (Å²) in [5.41, 5.74) is 5.42. The van der Waals surface area contributed by atoms with Crippen molar-refractivity contribution < 1.29 is 14.3 Å². The molecule has 0 spiro atoms. The van der Waals surface area contributed by atoms with Crippen molar-refractivity contribution in [3.63, 3.8) is 0 Å². The number of fused-ring (bicyclic) bond motifs is 2. The third-order valence-electron chi connectivity index (χ3n) is 5.63. The van der Waals surface area contributed by atoms with Gasteiger partial charge < -0.3 is 14.8 Å². The van der Waals surface area contributed by atoms with E-state index in [1.165, 1.54) is 16.7 Å². The molecule has 0 aromatic heterocycles. The van der Waals surface area contributed by atoms with Gasteiger partial charge >= 0.3 is 0 Å². The maximum absolute atomic E-state index is 12.6. The fraction of sp³-hybridized carbons (Fsp3) is 0.240. The number of amides is 1. The van der Waals surface area contributed by atoms with Crippen LogP contribution in [0.2, 0.25) is 0 Å². The van der Waals surface area contributed by atoms with Gasteiger partial charge in [0.25, 0.3) is 5.91 Å². The Balaban J connectivity index is 1.21. The first kappa shape index (κ1) is 18.7. The van der Waals surface area contributed by atoms with Gasteiger partial charge in [-0.05, 0) is 47.4 Å². The summed E-state index contributed by atoms with van der Waals surface area (Å²) < 4.78 is 11.1. The van der Waals surface area contributed by atoms with Gasteiger partial charge in [0.15, 0.2) is 11.5 Å². The van der Waals surface area contributed by atoms with Crippen molar-refractivity contribution in [2.45, 2.75) is 19.5 Å². The van der Waals surface area contributed by atoms with Gasteiger partial charge in [-0.3, -0.25) is 9.69 Å². The van der Waals surface area contributed by atoms with Gasteiger partial charge in [-0.2, -0.15) is 0 Å². The molecule has 30 heavy (non-hydrogen) atoms. The summed E-state index contributed by atoms with van der Waals surface area (Å²) in [6.07, 6.45) is 1.09. The van der Waals surface area contributed by atoms with Crippen molar-refractivity contribution in [1.29, 1.82) is 0 Å². The standard InChI is InChI=1S/C25H24N2O3/c28-25(26-22-9-10-23-24(15-22)30-14-13-29-23)20-7-5-18(6-8-20)16-27-12-11-19-3-1-2-4-21(19)17-27/h1-10,15H,11-14,16-17H2,(H,26,28). The second-order valence-electron chi connectivity index (χ2n) is 7.74. The third kappa shape index (κ3) is 4.02. The average Bonchev–Trinajstić information content (AvgIpc) is 2.79. The molecular weight excluding hydrogens is 376 g/mol. The molecule has 0 unspecified atom stereocenters. The predicted octanol–water partition coefficient (Wildman–Crippen LogP) is 4.27. The van der Waals surface area contributed by atoms with Crippen molar-refractivity contribution >= 4 is 11.6 Å². The van der Waals surface area contributed by atoms with Gasteiger partial charge in [-0.25, -0.2) is 0 Å². The molecule has 3 aromatic rings. The molecule has 3 aromatic carbocycles. The molecule has 5 nitrogen and oxygen atoms in total. The van der Waals surface area contributed by atoms with Crippen molar-refractivity contribution in [3.05, 3.63) is 89.0 Å². The lowest BCUT2D eigenvalue weighted by Crippen LogP contribution is -2.29. The lowest BCUT2D eigenvalue weighted by molar-refractivity contribution is 0.102. The minimum Gasteiger partial charge on any atom is -0.486 e. The number of benzene rings is 3. The van der Waals surface area contributed by atoms with Crippen LogP contribution >= 0.6 is 0 Å². The minimum absolute atomic E-state index is 0.134. The highest BCUT2D eigenvalue weighted by Crippen LogP contribution is 2.32. The molecule has 0 saturated heterocycles. The number of rotatable bonds is 4. The molecule has 152 valence electrons. The van der Waals surface area contributed by atoms with Crippen LogP contribution in [0, 0.1) is 0 Å². The molecule has 0 radical (unpaired) electrons. The molecule has 2 aliphatic rings.